The molecule has 0 aliphatic carbocycles. The van der Waals surface area contributed by atoms with Crippen LogP contribution in [0.4, 0.5) is 0 Å². The normalized spacial score (nSPS) is 23.0. The van der Waals surface area contributed by atoms with Crippen LogP contribution in [0.15, 0.2) is 97.1 Å². The van der Waals surface area contributed by atoms with E-state index in [4.69, 9.17) is 35.3 Å². The minimum Gasteiger partial charge on any atom is -0.493 e. The van der Waals surface area contributed by atoms with Crippen molar-refractivity contribution >= 4 is 17.9 Å². The third-order valence-corrected chi connectivity index (χ3v) is 8.55. The van der Waals surface area contributed by atoms with Crippen molar-refractivity contribution < 1.29 is 28.5 Å². The second-order valence-corrected chi connectivity index (χ2v) is 11.4. The highest BCUT2D eigenvalue weighted by molar-refractivity contribution is 6.31. The molecule has 0 radical (unpaired) electrons. The Labute approximate surface area is 257 Å². The highest BCUT2D eigenvalue weighted by Gasteiger charge is 2.50. The number of benzene rings is 4. The van der Waals surface area contributed by atoms with Crippen molar-refractivity contribution in [1.29, 1.82) is 0 Å². The van der Waals surface area contributed by atoms with Gasteiger partial charge in [-0.2, -0.15) is 0 Å². The Morgan fingerprint density at radius 1 is 0.884 bits per heavy atom. The molecule has 6 nitrogen and oxygen atoms in total. The van der Waals surface area contributed by atoms with Gasteiger partial charge in [-0.3, -0.25) is 0 Å². The molecule has 2 aliphatic rings. The lowest BCUT2D eigenvalue weighted by atomic mass is 9.89. The summed E-state index contributed by atoms with van der Waals surface area (Å²) in [5.74, 6) is -0.298. The number of ether oxygens (including phenoxy) is 5. The summed E-state index contributed by atoms with van der Waals surface area (Å²) in [4.78, 5) is 12.5. The molecule has 4 atom stereocenters. The van der Waals surface area contributed by atoms with E-state index in [-0.39, 0.29) is 0 Å². The van der Waals surface area contributed by atoms with E-state index in [0.29, 0.717) is 37.7 Å². The van der Waals surface area contributed by atoms with Crippen LogP contribution in [-0.4, -0.2) is 38.3 Å². The number of aldehydes is 1. The standard InChI is InChI=1S/C36H35ClO6/c1-39-36(30-13-14-31(37)29(20-30)19-27-12-15-32-28(18-27)16-17-40-32)21-33(41-23-25-8-4-2-5-9-25)35(34(22-38)43-36)42-24-26-10-6-3-7-11-26/h2-15,18,20,22,33-35H,16-17,19,21,23-24H2,1H3/t33?,34?,35-,36+/m0/s1. The zero-order valence-corrected chi connectivity index (χ0v) is 24.9. The van der Waals surface area contributed by atoms with Gasteiger partial charge < -0.3 is 28.5 Å². The summed E-state index contributed by atoms with van der Waals surface area (Å²) >= 11 is 6.71. The van der Waals surface area contributed by atoms with E-state index in [2.05, 4.69) is 12.1 Å². The number of hydrogen-bond donors (Lipinski definition) is 0. The molecule has 6 rings (SSSR count). The Morgan fingerprint density at radius 3 is 2.30 bits per heavy atom. The van der Waals surface area contributed by atoms with E-state index in [1.165, 1.54) is 5.56 Å². The van der Waals surface area contributed by atoms with Gasteiger partial charge in [-0.05, 0) is 52.4 Å². The number of carbonyl (C=O) groups is 1. The summed E-state index contributed by atoms with van der Waals surface area (Å²) in [5, 5.41) is 0.649. The zero-order valence-electron chi connectivity index (χ0n) is 24.1. The first kappa shape index (κ1) is 29.5. The molecule has 7 heteroatoms. The summed E-state index contributed by atoms with van der Waals surface area (Å²) in [5.41, 5.74) is 6.07. The molecule has 0 aromatic heterocycles. The van der Waals surface area contributed by atoms with Crippen molar-refractivity contribution in [2.45, 2.75) is 56.6 Å². The van der Waals surface area contributed by atoms with Crippen molar-refractivity contribution in [1.82, 2.24) is 0 Å². The first-order chi connectivity index (χ1) is 21.1. The zero-order chi connectivity index (χ0) is 29.6. The molecular weight excluding hydrogens is 564 g/mol. The molecular formula is C36H35ClO6. The third-order valence-electron chi connectivity index (χ3n) is 8.18. The van der Waals surface area contributed by atoms with E-state index in [9.17, 15) is 4.79 Å². The lowest BCUT2D eigenvalue weighted by molar-refractivity contribution is -0.321. The first-order valence-corrected chi connectivity index (χ1v) is 15.0. The lowest BCUT2D eigenvalue weighted by Gasteiger charge is -2.46. The summed E-state index contributed by atoms with van der Waals surface area (Å²) in [6, 6.07) is 31.8. The van der Waals surface area contributed by atoms with Gasteiger partial charge in [0.2, 0.25) is 0 Å². The van der Waals surface area contributed by atoms with Crippen molar-refractivity contribution in [2.24, 2.45) is 0 Å². The summed E-state index contributed by atoms with van der Waals surface area (Å²) < 4.78 is 31.1. The molecule has 1 saturated heterocycles. The van der Waals surface area contributed by atoms with Crippen molar-refractivity contribution in [3.63, 3.8) is 0 Å². The SMILES string of the molecule is CO[C@]1(c2ccc(Cl)c(Cc3ccc4c(c3)CCO4)c2)CC(OCc2ccccc2)[C@H](OCc2ccccc2)C(C=O)O1. The van der Waals surface area contributed by atoms with Crippen LogP contribution < -0.4 is 4.74 Å². The van der Waals surface area contributed by atoms with Gasteiger partial charge in [0.1, 0.15) is 18.0 Å². The smallest absolute Gasteiger partial charge is 0.198 e. The molecule has 0 saturated carbocycles. The molecule has 0 spiro atoms. The second-order valence-electron chi connectivity index (χ2n) is 11.0. The van der Waals surface area contributed by atoms with Gasteiger partial charge in [-0.1, -0.05) is 90.5 Å². The Hall–Kier alpha value is -3.52. The van der Waals surface area contributed by atoms with E-state index >= 15 is 0 Å². The molecule has 4 aromatic carbocycles. The van der Waals surface area contributed by atoms with Crippen molar-refractivity contribution in [3.05, 3.63) is 135 Å². The number of carbonyl (C=O) groups excluding carboxylic acids is 1. The van der Waals surface area contributed by atoms with E-state index < -0.39 is 24.1 Å². The molecule has 0 N–H and O–H groups in total. The van der Waals surface area contributed by atoms with E-state index in [0.717, 1.165) is 46.3 Å². The van der Waals surface area contributed by atoms with E-state index in [1.54, 1.807) is 7.11 Å². The van der Waals surface area contributed by atoms with Gasteiger partial charge in [-0.15, -0.1) is 0 Å². The quantitative estimate of drug-likeness (QED) is 0.177. The van der Waals surface area contributed by atoms with Crippen LogP contribution in [0.25, 0.3) is 0 Å². The molecule has 1 fully saturated rings. The van der Waals surface area contributed by atoms with Gasteiger partial charge in [-0.25, -0.2) is 0 Å². The van der Waals surface area contributed by atoms with Crippen LogP contribution in [0, 0.1) is 0 Å². The monoisotopic (exact) mass is 598 g/mol. The predicted octanol–water partition coefficient (Wildman–Crippen LogP) is 6.82. The average Bonchev–Trinajstić information content (AvgIpc) is 3.53. The highest BCUT2D eigenvalue weighted by atomic mass is 35.5. The van der Waals surface area contributed by atoms with Gasteiger partial charge in [0.25, 0.3) is 0 Å². The Balaban J connectivity index is 1.29. The van der Waals surface area contributed by atoms with Crippen LogP contribution in [-0.2, 0) is 55.6 Å². The largest absolute Gasteiger partial charge is 0.493 e. The fourth-order valence-electron chi connectivity index (χ4n) is 5.89. The topological polar surface area (TPSA) is 63.2 Å². The van der Waals surface area contributed by atoms with Gasteiger partial charge in [0.15, 0.2) is 12.1 Å². The molecule has 2 unspecified atom stereocenters. The predicted molar refractivity (Wildman–Crippen MR) is 164 cm³/mol. The fourth-order valence-corrected chi connectivity index (χ4v) is 6.07. The number of hydrogen-bond acceptors (Lipinski definition) is 6. The molecule has 2 aliphatic heterocycles. The Morgan fingerprint density at radius 2 is 1.60 bits per heavy atom. The van der Waals surface area contributed by atoms with Crippen LogP contribution in [0.2, 0.25) is 5.02 Å². The summed E-state index contributed by atoms with van der Waals surface area (Å²) in [7, 11) is 1.59. The lowest BCUT2D eigenvalue weighted by Crippen LogP contribution is -2.56. The fraction of sp³-hybridized carbons (Fsp3) is 0.306. The number of methoxy groups -OCH3 is 1. The van der Waals surface area contributed by atoms with Crippen LogP contribution >= 0.6 is 11.6 Å². The number of rotatable bonds is 11. The molecule has 222 valence electrons. The minimum absolute atomic E-state index is 0.317. The molecule has 0 bridgehead atoms. The van der Waals surface area contributed by atoms with Crippen molar-refractivity contribution in [3.8, 4) is 5.75 Å². The van der Waals surface area contributed by atoms with Gasteiger partial charge >= 0.3 is 0 Å². The Bertz CT molecular complexity index is 1530. The maximum Gasteiger partial charge on any atom is 0.198 e. The average molecular weight is 599 g/mol. The molecule has 43 heavy (non-hydrogen) atoms. The van der Waals surface area contributed by atoms with Gasteiger partial charge in [0, 0.05) is 30.5 Å². The maximum absolute atomic E-state index is 12.5. The van der Waals surface area contributed by atoms with Crippen LogP contribution in [0.3, 0.4) is 0 Å². The van der Waals surface area contributed by atoms with Crippen LogP contribution in [0.1, 0.15) is 39.8 Å². The minimum atomic E-state index is -1.25. The summed E-state index contributed by atoms with van der Waals surface area (Å²) in [6.45, 7) is 1.39. The number of fused-ring (bicyclic) bond motifs is 1. The first-order valence-electron chi connectivity index (χ1n) is 14.6. The van der Waals surface area contributed by atoms with Crippen molar-refractivity contribution in [2.75, 3.05) is 13.7 Å². The molecule has 4 aromatic rings. The third kappa shape index (κ3) is 6.69. The van der Waals surface area contributed by atoms with Crippen LogP contribution in [0.5, 0.6) is 5.75 Å². The van der Waals surface area contributed by atoms with Gasteiger partial charge in [0.05, 0.1) is 25.9 Å². The number of halogens is 1. The Kier molecular flexibility index (Phi) is 9.22. The van der Waals surface area contributed by atoms with E-state index in [1.807, 2.05) is 84.9 Å². The maximum atomic E-state index is 12.5. The second kappa shape index (κ2) is 13.4. The summed E-state index contributed by atoms with van der Waals surface area (Å²) in [6.07, 6.45) is 0.584. The highest BCUT2D eigenvalue weighted by Crippen LogP contribution is 2.42. The molecule has 2 heterocycles. The molecule has 0 amide bonds.